The summed E-state index contributed by atoms with van der Waals surface area (Å²) in [5, 5.41) is 2.67. The molecule has 0 saturated carbocycles. The molecule has 1 atom stereocenters. The number of nitrogens with zero attached hydrogens (tertiary/aromatic N) is 1. The zero-order valence-corrected chi connectivity index (χ0v) is 18.3. The number of hydrogen-bond acceptors (Lipinski definition) is 5. The predicted molar refractivity (Wildman–Crippen MR) is 120 cm³/mol. The SMILES string of the molecule is CCOC(=O)CCC(=O)Nc1cccc([C@H]2SCC(=O)N2c2ccc(C)c(C)c2)c1. The standard InChI is InChI=1S/C23H26N2O4S/c1-4-29-22(28)11-10-20(26)24-18-7-5-6-17(13-18)23-25(21(27)14-30-23)19-9-8-15(2)16(3)12-19/h5-9,12-13,23H,4,10-11,14H2,1-3H3,(H,24,26)/t23-/m1/s1. The first-order chi connectivity index (χ1) is 14.4. The number of anilines is 2. The van der Waals surface area contributed by atoms with Gasteiger partial charge in [0.15, 0.2) is 0 Å². The summed E-state index contributed by atoms with van der Waals surface area (Å²) in [6.45, 7) is 6.12. The number of esters is 1. The van der Waals surface area contributed by atoms with Crippen LogP contribution in [0.15, 0.2) is 42.5 Å². The van der Waals surface area contributed by atoms with Crippen molar-refractivity contribution < 1.29 is 19.1 Å². The normalized spacial score (nSPS) is 15.9. The van der Waals surface area contributed by atoms with Gasteiger partial charge in [-0.15, -0.1) is 11.8 Å². The van der Waals surface area contributed by atoms with E-state index in [1.807, 2.05) is 55.1 Å². The minimum atomic E-state index is -0.383. The van der Waals surface area contributed by atoms with Crippen molar-refractivity contribution in [1.29, 1.82) is 0 Å². The Morgan fingerprint density at radius 3 is 2.67 bits per heavy atom. The van der Waals surface area contributed by atoms with Gasteiger partial charge >= 0.3 is 5.97 Å². The monoisotopic (exact) mass is 426 g/mol. The number of thioether (sulfide) groups is 1. The van der Waals surface area contributed by atoms with E-state index >= 15 is 0 Å². The Morgan fingerprint density at radius 1 is 1.13 bits per heavy atom. The number of benzene rings is 2. The van der Waals surface area contributed by atoms with Crippen LogP contribution in [-0.2, 0) is 19.1 Å². The second-order valence-corrected chi connectivity index (χ2v) is 8.24. The summed E-state index contributed by atoms with van der Waals surface area (Å²) in [6.07, 6.45) is 0.112. The molecule has 1 heterocycles. The van der Waals surface area contributed by atoms with Gasteiger partial charge in [0.1, 0.15) is 5.37 Å². The maximum absolute atomic E-state index is 12.6. The summed E-state index contributed by atoms with van der Waals surface area (Å²) in [4.78, 5) is 38.0. The van der Waals surface area contributed by atoms with Crippen LogP contribution in [0.5, 0.6) is 0 Å². The molecule has 3 rings (SSSR count). The van der Waals surface area contributed by atoms with E-state index < -0.39 is 0 Å². The van der Waals surface area contributed by atoms with Crippen LogP contribution in [-0.4, -0.2) is 30.1 Å². The molecule has 1 aliphatic rings. The van der Waals surface area contributed by atoms with Crippen LogP contribution in [0.25, 0.3) is 0 Å². The molecule has 6 nitrogen and oxygen atoms in total. The van der Waals surface area contributed by atoms with Crippen LogP contribution in [0.2, 0.25) is 0 Å². The van der Waals surface area contributed by atoms with Crippen molar-refractivity contribution in [3.63, 3.8) is 0 Å². The highest BCUT2D eigenvalue weighted by atomic mass is 32.2. The van der Waals surface area contributed by atoms with E-state index in [0.717, 1.165) is 16.8 Å². The Morgan fingerprint density at radius 2 is 1.93 bits per heavy atom. The van der Waals surface area contributed by atoms with Gasteiger partial charge in [-0.2, -0.15) is 0 Å². The lowest BCUT2D eigenvalue weighted by atomic mass is 10.1. The Bertz CT molecular complexity index is 960. The van der Waals surface area contributed by atoms with Crippen LogP contribution in [0.1, 0.15) is 41.8 Å². The first-order valence-electron chi connectivity index (χ1n) is 9.95. The zero-order valence-electron chi connectivity index (χ0n) is 17.4. The number of hydrogen-bond donors (Lipinski definition) is 1. The van der Waals surface area contributed by atoms with Gasteiger partial charge in [-0.3, -0.25) is 19.3 Å². The first-order valence-corrected chi connectivity index (χ1v) is 11.0. The van der Waals surface area contributed by atoms with Crippen LogP contribution in [0, 0.1) is 13.8 Å². The van der Waals surface area contributed by atoms with E-state index in [1.54, 1.807) is 24.8 Å². The highest BCUT2D eigenvalue weighted by Crippen LogP contribution is 2.42. The van der Waals surface area contributed by atoms with Crippen molar-refractivity contribution in [2.75, 3.05) is 22.6 Å². The fraction of sp³-hybridized carbons (Fsp3) is 0.348. The average Bonchev–Trinajstić information content (AvgIpc) is 3.10. The molecule has 158 valence electrons. The average molecular weight is 427 g/mol. The van der Waals surface area contributed by atoms with Gasteiger partial charge in [-0.05, 0) is 61.7 Å². The summed E-state index contributed by atoms with van der Waals surface area (Å²) in [5.74, 6) is -0.155. The molecule has 0 bridgehead atoms. The number of ether oxygens (including phenoxy) is 1. The number of amides is 2. The molecule has 0 unspecified atom stereocenters. The van der Waals surface area contributed by atoms with Crippen molar-refractivity contribution in [3.05, 3.63) is 59.2 Å². The minimum absolute atomic E-state index is 0.0485. The Hall–Kier alpha value is -2.80. The molecule has 2 aromatic carbocycles. The molecule has 1 fully saturated rings. The number of aryl methyl sites for hydroxylation is 2. The smallest absolute Gasteiger partial charge is 0.306 e. The maximum Gasteiger partial charge on any atom is 0.306 e. The summed E-state index contributed by atoms with van der Waals surface area (Å²) in [7, 11) is 0. The minimum Gasteiger partial charge on any atom is -0.466 e. The Balaban J connectivity index is 1.74. The van der Waals surface area contributed by atoms with Gasteiger partial charge < -0.3 is 10.1 Å². The molecule has 7 heteroatoms. The molecule has 0 aromatic heterocycles. The number of nitrogens with one attached hydrogen (secondary N) is 1. The maximum atomic E-state index is 12.6. The molecule has 1 aliphatic heterocycles. The van der Waals surface area contributed by atoms with E-state index in [-0.39, 0.29) is 36.0 Å². The van der Waals surface area contributed by atoms with Crippen molar-refractivity contribution in [2.45, 2.75) is 39.0 Å². The molecule has 0 spiro atoms. The topological polar surface area (TPSA) is 75.7 Å². The molecule has 2 aromatic rings. The summed E-state index contributed by atoms with van der Waals surface area (Å²) in [5.41, 5.74) is 4.77. The molecular weight excluding hydrogens is 400 g/mol. The van der Waals surface area contributed by atoms with Crippen LogP contribution < -0.4 is 10.2 Å². The lowest BCUT2D eigenvalue weighted by molar-refractivity contribution is -0.144. The molecule has 2 amide bonds. The van der Waals surface area contributed by atoms with E-state index in [1.165, 1.54) is 5.56 Å². The molecule has 0 aliphatic carbocycles. The fourth-order valence-corrected chi connectivity index (χ4v) is 4.43. The largest absolute Gasteiger partial charge is 0.466 e. The highest BCUT2D eigenvalue weighted by Gasteiger charge is 2.34. The van der Waals surface area contributed by atoms with Crippen molar-refractivity contribution in [2.24, 2.45) is 0 Å². The van der Waals surface area contributed by atoms with Crippen LogP contribution in [0.4, 0.5) is 11.4 Å². The van der Waals surface area contributed by atoms with E-state index in [2.05, 4.69) is 5.32 Å². The molecular formula is C23H26N2O4S. The molecule has 0 radical (unpaired) electrons. The summed E-state index contributed by atoms with van der Waals surface area (Å²) in [6, 6.07) is 13.5. The van der Waals surface area contributed by atoms with Gasteiger partial charge in [0.25, 0.3) is 0 Å². The summed E-state index contributed by atoms with van der Waals surface area (Å²) >= 11 is 1.57. The van der Waals surface area contributed by atoms with Crippen molar-refractivity contribution in [3.8, 4) is 0 Å². The lowest BCUT2D eigenvalue weighted by Gasteiger charge is -2.25. The zero-order chi connectivity index (χ0) is 21.7. The third kappa shape index (κ3) is 5.21. The third-order valence-corrected chi connectivity index (χ3v) is 6.17. The second kappa shape index (κ2) is 9.80. The van der Waals surface area contributed by atoms with Gasteiger partial charge in [-0.1, -0.05) is 18.2 Å². The van der Waals surface area contributed by atoms with Crippen LogP contribution >= 0.6 is 11.8 Å². The van der Waals surface area contributed by atoms with E-state index in [4.69, 9.17) is 4.74 Å². The number of rotatable bonds is 7. The third-order valence-electron chi connectivity index (χ3n) is 4.95. The van der Waals surface area contributed by atoms with E-state index in [9.17, 15) is 14.4 Å². The van der Waals surface area contributed by atoms with Gasteiger partial charge in [0, 0.05) is 17.8 Å². The second-order valence-electron chi connectivity index (χ2n) is 7.17. The number of carbonyl (C=O) groups is 3. The highest BCUT2D eigenvalue weighted by molar-refractivity contribution is 8.00. The predicted octanol–water partition coefficient (Wildman–Crippen LogP) is 4.36. The van der Waals surface area contributed by atoms with Crippen molar-refractivity contribution in [1.82, 2.24) is 0 Å². The van der Waals surface area contributed by atoms with Gasteiger partial charge in [0.2, 0.25) is 11.8 Å². The Labute approximate surface area is 181 Å². The van der Waals surface area contributed by atoms with Gasteiger partial charge in [-0.25, -0.2) is 0 Å². The van der Waals surface area contributed by atoms with Crippen LogP contribution in [0.3, 0.4) is 0 Å². The van der Waals surface area contributed by atoms with Crippen molar-refractivity contribution >= 4 is 40.9 Å². The lowest BCUT2D eigenvalue weighted by Crippen LogP contribution is -2.28. The van der Waals surface area contributed by atoms with Gasteiger partial charge in [0.05, 0.1) is 18.8 Å². The number of carbonyl (C=O) groups excluding carboxylic acids is 3. The quantitative estimate of drug-likeness (QED) is 0.666. The Kier molecular flexibility index (Phi) is 7.15. The first kappa shape index (κ1) is 21.9. The fourth-order valence-electron chi connectivity index (χ4n) is 3.27. The molecule has 1 saturated heterocycles. The summed E-state index contributed by atoms with van der Waals surface area (Å²) < 4.78 is 4.85. The molecule has 30 heavy (non-hydrogen) atoms. The molecule has 1 N–H and O–H groups in total. The van der Waals surface area contributed by atoms with E-state index in [0.29, 0.717) is 18.0 Å².